The van der Waals surface area contributed by atoms with E-state index in [0.29, 0.717) is 5.56 Å². The highest BCUT2D eigenvalue weighted by Crippen LogP contribution is 2.50. The number of nitrogens with zero attached hydrogens (tertiary/aromatic N) is 1. The fourth-order valence-electron chi connectivity index (χ4n) is 1.96. The molecule has 0 aliphatic rings. The van der Waals surface area contributed by atoms with Crippen molar-refractivity contribution >= 4 is 34.3 Å². The summed E-state index contributed by atoms with van der Waals surface area (Å²) in [5, 5.41) is 10.8. The Labute approximate surface area is 126 Å². The first kappa shape index (κ1) is 15.2. The molecule has 2 rings (SSSR count). The lowest BCUT2D eigenvalue weighted by Gasteiger charge is -2.14. The van der Waals surface area contributed by atoms with E-state index >= 15 is 0 Å². The van der Waals surface area contributed by atoms with E-state index in [9.17, 15) is 4.57 Å². The van der Waals surface area contributed by atoms with Crippen molar-refractivity contribution in [3.63, 3.8) is 0 Å². The summed E-state index contributed by atoms with van der Waals surface area (Å²) >= 11 is 3.48. The minimum Gasteiger partial charge on any atom is -0.312 e. The Morgan fingerprint density at radius 1 is 1.25 bits per heavy atom. The number of nitriles is 1. The highest BCUT2D eigenvalue weighted by Gasteiger charge is 2.22. The molecule has 0 amide bonds. The zero-order chi connectivity index (χ0) is 14.8. The molecular formula is C14H13BrNO3P. The maximum atomic E-state index is 12.2. The van der Waals surface area contributed by atoms with Crippen molar-refractivity contribution in [1.82, 2.24) is 0 Å². The first-order valence-electron chi connectivity index (χ1n) is 5.84. The molecule has 0 aliphatic carbocycles. The molecule has 20 heavy (non-hydrogen) atoms. The van der Waals surface area contributed by atoms with Crippen LogP contribution in [0.2, 0.25) is 0 Å². The number of fused-ring (bicyclic) bond motifs is 1. The zero-order valence-corrected chi connectivity index (χ0v) is 13.6. The number of hydrogen-bond acceptors (Lipinski definition) is 4. The molecule has 0 aromatic heterocycles. The summed E-state index contributed by atoms with van der Waals surface area (Å²) in [5.41, 5.74) is 1.45. The molecule has 0 saturated carbocycles. The van der Waals surface area contributed by atoms with Crippen molar-refractivity contribution in [3.05, 3.63) is 45.9 Å². The Hall–Kier alpha value is -1.18. The Kier molecular flexibility index (Phi) is 4.62. The van der Waals surface area contributed by atoms with Gasteiger partial charge in [0.25, 0.3) is 0 Å². The van der Waals surface area contributed by atoms with Crippen LogP contribution in [-0.2, 0) is 19.8 Å². The smallest absolute Gasteiger partial charge is 0.312 e. The third-order valence-electron chi connectivity index (χ3n) is 3.03. The third kappa shape index (κ3) is 3.11. The lowest BCUT2D eigenvalue weighted by molar-refractivity contribution is 0.275. The summed E-state index contributed by atoms with van der Waals surface area (Å²) in [4.78, 5) is 0. The molecule has 0 N–H and O–H groups in total. The molecule has 0 radical (unpaired) electrons. The second-order valence-electron chi connectivity index (χ2n) is 4.26. The Morgan fingerprint density at radius 2 is 1.95 bits per heavy atom. The van der Waals surface area contributed by atoms with Crippen molar-refractivity contribution in [2.75, 3.05) is 14.2 Å². The molecule has 0 bridgehead atoms. The Balaban J connectivity index is 2.49. The van der Waals surface area contributed by atoms with Crippen LogP contribution in [0.5, 0.6) is 0 Å². The van der Waals surface area contributed by atoms with Gasteiger partial charge in [0.1, 0.15) is 0 Å². The fourth-order valence-corrected chi connectivity index (χ4v) is 3.63. The maximum Gasteiger partial charge on any atom is 0.334 e. The number of rotatable bonds is 4. The fraction of sp³-hybridized carbons (Fsp3) is 0.214. The third-order valence-corrected chi connectivity index (χ3v) is 5.55. The van der Waals surface area contributed by atoms with E-state index in [0.717, 1.165) is 20.8 Å². The number of benzene rings is 2. The SMILES string of the molecule is COP(=O)(Cc1cc(Br)c2cc(C#N)ccc2c1)OC. The van der Waals surface area contributed by atoms with E-state index in [1.807, 2.05) is 24.3 Å². The lowest BCUT2D eigenvalue weighted by atomic mass is 10.1. The van der Waals surface area contributed by atoms with Crippen molar-refractivity contribution in [2.45, 2.75) is 6.16 Å². The van der Waals surface area contributed by atoms with E-state index in [2.05, 4.69) is 22.0 Å². The van der Waals surface area contributed by atoms with Crippen LogP contribution in [0.25, 0.3) is 10.8 Å². The predicted octanol–water partition coefficient (Wildman–Crippen LogP) is 4.46. The monoisotopic (exact) mass is 353 g/mol. The second-order valence-corrected chi connectivity index (χ2v) is 7.38. The van der Waals surface area contributed by atoms with Crippen LogP contribution in [0.4, 0.5) is 0 Å². The van der Waals surface area contributed by atoms with Gasteiger partial charge in [0.2, 0.25) is 0 Å². The van der Waals surface area contributed by atoms with Crippen LogP contribution >= 0.6 is 23.5 Å². The van der Waals surface area contributed by atoms with Gasteiger partial charge in [-0.3, -0.25) is 4.57 Å². The maximum absolute atomic E-state index is 12.2. The first-order valence-corrected chi connectivity index (χ1v) is 8.36. The van der Waals surface area contributed by atoms with Gasteiger partial charge < -0.3 is 9.05 Å². The normalized spacial score (nSPS) is 11.5. The summed E-state index contributed by atoms with van der Waals surface area (Å²) in [6, 6.07) is 11.3. The molecule has 2 aromatic rings. The molecular weight excluding hydrogens is 341 g/mol. The average Bonchev–Trinajstić information content (AvgIpc) is 2.47. The minimum absolute atomic E-state index is 0.203. The quantitative estimate of drug-likeness (QED) is 0.761. The van der Waals surface area contributed by atoms with Gasteiger partial charge in [-0.1, -0.05) is 28.1 Å². The zero-order valence-electron chi connectivity index (χ0n) is 11.1. The van der Waals surface area contributed by atoms with Gasteiger partial charge in [0, 0.05) is 18.7 Å². The Bertz CT molecular complexity index is 731. The van der Waals surface area contributed by atoms with Crippen LogP contribution in [0, 0.1) is 11.3 Å². The first-order chi connectivity index (χ1) is 9.51. The molecule has 2 aromatic carbocycles. The van der Waals surface area contributed by atoms with Gasteiger partial charge in [-0.2, -0.15) is 5.26 Å². The Morgan fingerprint density at radius 3 is 2.55 bits per heavy atom. The second kappa shape index (κ2) is 6.07. The largest absolute Gasteiger partial charge is 0.334 e. The molecule has 4 nitrogen and oxygen atoms in total. The van der Waals surface area contributed by atoms with E-state index in [1.165, 1.54) is 14.2 Å². The van der Waals surface area contributed by atoms with Crippen LogP contribution in [-0.4, -0.2) is 14.2 Å². The molecule has 0 saturated heterocycles. The van der Waals surface area contributed by atoms with Crippen LogP contribution < -0.4 is 0 Å². The van der Waals surface area contributed by atoms with Crippen molar-refractivity contribution in [1.29, 1.82) is 5.26 Å². The lowest BCUT2D eigenvalue weighted by Crippen LogP contribution is -1.94. The minimum atomic E-state index is -3.09. The summed E-state index contributed by atoms with van der Waals surface area (Å²) in [6.07, 6.45) is 0.203. The van der Waals surface area contributed by atoms with E-state index < -0.39 is 7.60 Å². The van der Waals surface area contributed by atoms with Crippen LogP contribution in [0.1, 0.15) is 11.1 Å². The molecule has 6 heteroatoms. The molecule has 0 aliphatic heterocycles. The number of hydrogen-bond donors (Lipinski definition) is 0. The van der Waals surface area contributed by atoms with Gasteiger partial charge >= 0.3 is 7.60 Å². The van der Waals surface area contributed by atoms with Gasteiger partial charge in [-0.15, -0.1) is 0 Å². The summed E-state index contributed by atoms with van der Waals surface area (Å²) in [5.74, 6) is 0. The summed E-state index contributed by atoms with van der Waals surface area (Å²) in [7, 11) is -0.340. The van der Waals surface area contributed by atoms with Crippen LogP contribution in [0.15, 0.2) is 34.8 Å². The van der Waals surface area contributed by atoms with Crippen LogP contribution in [0.3, 0.4) is 0 Å². The standard InChI is InChI=1S/C14H13BrNO3P/c1-18-20(17,19-2)9-11-5-12-4-3-10(8-16)6-13(12)14(15)7-11/h3-7H,9H2,1-2H3. The van der Waals surface area contributed by atoms with Crippen molar-refractivity contribution in [3.8, 4) is 6.07 Å². The summed E-state index contributed by atoms with van der Waals surface area (Å²) < 4.78 is 22.9. The van der Waals surface area contributed by atoms with E-state index in [-0.39, 0.29) is 6.16 Å². The molecule has 0 atom stereocenters. The topological polar surface area (TPSA) is 59.3 Å². The molecule has 0 unspecified atom stereocenters. The predicted molar refractivity (Wildman–Crippen MR) is 81.7 cm³/mol. The van der Waals surface area contributed by atoms with Gasteiger partial charge in [-0.05, 0) is 34.5 Å². The van der Waals surface area contributed by atoms with Gasteiger partial charge in [0.15, 0.2) is 0 Å². The molecule has 0 fully saturated rings. The van der Waals surface area contributed by atoms with E-state index in [4.69, 9.17) is 14.3 Å². The highest BCUT2D eigenvalue weighted by molar-refractivity contribution is 9.10. The highest BCUT2D eigenvalue weighted by atomic mass is 79.9. The average molecular weight is 354 g/mol. The van der Waals surface area contributed by atoms with Crippen molar-refractivity contribution < 1.29 is 13.6 Å². The van der Waals surface area contributed by atoms with Crippen molar-refractivity contribution in [2.24, 2.45) is 0 Å². The number of halogens is 1. The van der Waals surface area contributed by atoms with Gasteiger partial charge in [0.05, 0.1) is 17.8 Å². The van der Waals surface area contributed by atoms with E-state index in [1.54, 1.807) is 6.07 Å². The molecule has 0 heterocycles. The summed E-state index contributed by atoms with van der Waals surface area (Å²) in [6.45, 7) is 0. The molecule has 104 valence electrons. The van der Waals surface area contributed by atoms with Gasteiger partial charge in [-0.25, -0.2) is 0 Å². The molecule has 0 spiro atoms.